The zero-order valence-electron chi connectivity index (χ0n) is 5.78. The number of rotatable bonds is 1. The summed E-state index contributed by atoms with van der Waals surface area (Å²) in [7, 11) is -1.00. The van der Waals surface area contributed by atoms with Crippen LogP contribution in [0.1, 0.15) is 6.92 Å². The van der Waals surface area contributed by atoms with Gasteiger partial charge < -0.3 is 9.53 Å². The second kappa shape index (κ2) is 3.25. The first-order valence-electron chi connectivity index (χ1n) is 3.20. The Hall–Kier alpha value is -0.220. The van der Waals surface area contributed by atoms with Crippen LogP contribution in [0, 0.1) is 0 Å². The summed E-state index contributed by atoms with van der Waals surface area (Å²) in [6.07, 6.45) is 0.548. The Morgan fingerprint density at radius 2 is 2.40 bits per heavy atom. The Morgan fingerprint density at radius 1 is 1.70 bits per heavy atom. The van der Waals surface area contributed by atoms with Crippen LogP contribution >= 0.6 is 0 Å². The Balaban J connectivity index is 2.62. The zero-order valence-corrected chi connectivity index (χ0v) is 6.60. The molecule has 58 valence electrons. The molecule has 1 fully saturated rings. The van der Waals surface area contributed by atoms with E-state index in [2.05, 4.69) is 0 Å². The summed E-state index contributed by atoms with van der Waals surface area (Å²) in [5.41, 5.74) is 0. The molecule has 0 aromatic rings. The van der Waals surface area contributed by atoms with Crippen molar-refractivity contribution in [2.45, 2.75) is 18.3 Å². The van der Waals surface area contributed by atoms with Crippen molar-refractivity contribution >= 4 is 17.1 Å². The summed E-state index contributed by atoms with van der Waals surface area (Å²) in [5, 5.41) is -0.409. The molecule has 3 nitrogen and oxygen atoms in total. The van der Waals surface area contributed by atoms with E-state index in [1.807, 2.05) is 0 Å². The van der Waals surface area contributed by atoms with Gasteiger partial charge in [-0.25, -0.2) is 0 Å². The number of carbonyl (C=O) groups excluding carboxylic acids is 1. The molecule has 0 N–H and O–H groups in total. The summed E-state index contributed by atoms with van der Waals surface area (Å²) in [6.45, 7) is 2.29. The van der Waals surface area contributed by atoms with Crippen molar-refractivity contribution in [3.63, 3.8) is 0 Å². The maximum Gasteiger partial charge on any atom is 0.138 e. The van der Waals surface area contributed by atoms with Gasteiger partial charge in [-0.3, -0.25) is 4.21 Å². The lowest BCUT2D eigenvalue weighted by molar-refractivity contribution is -0.109. The van der Waals surface area contributed by atoms with Gasteiger partial charge in [0.25, 0.3) is 0 Å². The number of hydrogen-bond donors (Lipinski definition) is 0. The maximum absolute atomic E-state index is 11.0. The van der Waals surface area contributed by atoms with Gasteiger partial charge in [-0.15, -0.1) is 0 Å². The molecule has 0 aliphatic carbocycles. The van der Waals surface area contributed by atoms with E-state index in [0.717, 1.165) is 6.29 Å². The molecular weight excluding hydrogens is 152 g/mol. The van der Waals surface area contributed by atoms with E-state index in [9.17, 15) is 9.00 Å². The molecule has 0 saturated carbocycles. The minimum absolute atomic E-state index is 0.174. The number of aldehydes is 1. The molecule has 0 aromatic heterocycles. The first kappa shape index (κ1) is 7.88. The molecule has 1 aliphatic heterocycles. The van der Waals surface area contributed by atoms with E-state index in [0.29, 0.717) is 12.4 Å². The molecule has 0 amide bonds. The highest BCUT2D eigenvalue weighted by Crippen LogP contribution is 2.10. The summed E-state index contributed by atoms with van der Waals surface area (Å²) in [4.78, 5) is 10.3. The summed E-state index contributed by atoms with van der Waals surface area (Å²) >= 11 is 0. The van der Waals surface area contributed by atoms with Crippen LogP contribution in [0.4, 0.5) is 0 Å². The van der Waals surface area contributed by atoms with Crippen molar-refractivity contribution in [1.29, 1.82) is 0 Å². The van der Waals surface area contributed by atoms with Crippen molar-refractivity contribution in [2.75, 3.05) is 12.4 Å². The molecule has 1 heterocycles. The quantitative estimate of drug-likeness (QED) is 0.498. The van der Waals surface area contributed by atoms with Gasteiger partial charge in [0, 0.05) is 16.6 Å². The van der Waals surface area contributed by atoms with E-state index in [4.69, 9.17) is 4.74 Å². The summed E-state index contributed by atoms with van der Waals surface area (Å²) in [6, 6.07) is 0. The van der Waals surface area contributed by atoms with Gasteiger partial charge in [0.05, 0.1) is 12.7 Å². The molecule has 0 aromatic carbocycles. The Bertz CT molecular complexity index is 157. The largest absolute Gasteiger partial charge is 0.376 e. The molecule has 0 spiro atoms. The van der Waals surface area contributed by atoms with Crippen molar-refractivity contribution in [2.24, 2.45) is 0 Å². The van der Waals surface area contributed by atoms with Crippen molar-refractivity contribution in [1.82, 2.24) is 0 Å². The standard InChI is InChI=1S/C6H10O3S/c1-5-6(4-7)10(8)3-2-9-5/h4-6H,2-3H2,1H3. The van der Waals surface area contributed by atoms with Crippen molar-refractivity contribution in [3.8, 4) is 0 Å². The average molecular weight is 162 g/mol. The third-order valence-corrected chi connectivity index (χ3v) is 3.24. The molecule has 0 radical (unpaired) electrons. The summed E-state index contributed by atoms with van der Waals surface area (Å²) in [5.74, 6) is 0.494. The number of hydrogen-bond acceptors (Lipinski definition) is 3. The van der Waals surface area contributed by atoms with Crippen LogP contribution in [0.2, 0.25) is 0 Å². The summed E-state index contributed by atoms with van der Waals surface area (Å²) < 4.78 is 16.2. The topological polar surface area (TPSA) is 43.4 Å². The van der Waals surface area contributed by atoms with Crippen LogP contribution in [0.5, 0.6) is 0 Å². The second-order valence-corrected chi connectivity index (χ2v) is 3.98. The minimum Gasteiger partial charge on any atom is -0.376 e. The molecule has 4 heteroatoms. The van der Waals surface area contributed by atoms with E-state index in [1.165, 1.54) is 0 Å². The number of ether oxygens (including phenoxy) is 1. The Kier molecular flexibility index (Phi) is 2.56. The fourth-order valence-electron chi connectivity index (χ4n) is 0.933. The van der Waals surface area contributed by atoms with E-state index in [-0.39, 0.29) is 6.10 Å². The smallest absolute Gasteiger partial charge is 0.138 e. The van der Waals surface area contributed by atoms with Gasteiger partial charge in [-0.05, 0) is 6.92 Å². The third kappa shape index (κ3) is 1.44. The highest BCUT2D eigenvalue weighted by molar-refractivity contribution is 7.86. The molecule has 3 atom stereocenters. The molecule has 1 saturated heterocycles. The fraction of sp³-hybridized carbons (Fsp3) is 0.833. The number of carbonyl (C=O) groups is 1. The van der Waals surface area contributed by atoms with Gasteiger partial charge in [-0.2, -0.15) is 0 Å². The predicted molar refractivity (Wildman–Crippen MR) is 38.3 cm³/mol. The molecule has 3 unspecified atom stereocenters. The van der Waals surface area contributed by atoms with Crippen LogP contribution in [0.15, 0.2) is 0 Å². The average Bonchev–Trinajstić information content (AvgIpc) is 1.88. The SMILES string of the molecule is CC1OCCS(=O)C1C=O. The van der Waals surface area contributed by atoms with Gasteiger partial charge in [-0.1, -0.05) is 0 Å². The minimum atomic E-state index is -1.00. The molecule has 1 rings (SSSR count). The van der Waals surface area contributed by atoms with Crippen molar-refractivity contribution in [3.05, 3.63) is 0 Å². The van der Waals surface area contributed by atoms with E-state index in [1.54, 1.807) is 6.92 Å². The highest BCUT2D eigenvalue weighted by atomic mass is 32.2. The van der Waals surface area contributed by atoms with Crippen LogP contribution in [0.25, 0.3) is 0 Å². The molecule has 1 aliphatic rings. The Morgan fingerprint density at radius 3 is 2.80 bits per heavy atom. The lowest BCUT2D eigenvalue weighted by Gasteiger charge is -2.23. The van der Waals surface area contributed by atoms with Crippen LogP contribution in [-0.4, -0.2) is 34.2 Å². The van der Waals surface area contributed by atoms with E-state index < -0.39 is 16.0 Å². The van der Waals surface area contributed by atoms with Crippen LogP contribution in [-0.2, 0) is 20.3 Å². The predicted octanol–water partition coefficient (Wildman–Crippen LogP) is -0.279. The van der Waals surface area contributed by atoms with E-state index >= 15 is 0 Å². The van der Waals surface area contributed by atoms with Gasteiger partial charge in [0.1, 0.15) is 11.5 Å². The Labute approximate surface area is 62.2 Å². The molecular formula is C6H10O3S. The van der Waals surface area contributed by atoms with Crippen LogP contribution < -0.4 is 0 Å². The van der Waals surface area contributed by atoms with Gasteiger partial charge >= 0.3 is 0 Å². The first-order chi connectivity index (χ1) is 4.75. The van der Waals surface area contributed by atoms with Crippen LogP contribution in [0.3, 0.4) is 0 Å². The molecule has 0 bridgehead atoms. The monoisotopic (exact) mass is 162 g/mol. The fourth-order valence-corrected chi connectivity index (χ4v) is 2.10. The molecule has 10 heavy (non-hydrogen) atoms. The van der Waals surface area contributed by atoms with Crippen molar-refractivity contribution < 1.29 is 13.7 Å². The highest BCUT2D eigenvalue weighted by Gasteiger charge is 2.27. The normalized spacial score (nSPS) is 41.1. The zero-order chi connectivity index (χ0) is 7.56. The first-order valence-corrected chi connectivity index (χ1v) is 4.58. The van der Waals surface area contributed by atoms with Gasteiger partial charge in [0.2, 0.25) is 0 Å². The lowest BCUT2D eigenvalue weighted by atomic mass is 10.3. The maximum atomic E-state index is 11.0. The lowest BCUT2D eigenvalue weighted by Crippen LogP contribution is -2.39. The van der Waals surface area contributed by atoms with Gasteiger partial charge in [0.15, 0.2) is 0 Å². The second-order valence-electron chi connectivity index (χ2n) is 2.26. The third-order valence-electron chi connectivity index (χ3n) is 1.57.